The topological polar surface area (TPSA) is 46.5 Å². The fraction of sp³-hybridized carbons (Fsp3) is 0.100. The largest absolute Gasteiger partial charge is 0.489 e. The van der Waals surface area contributed by atoms with Gasteiger partial charge in [0.1, 0.15) is 12.4 Å². The lowest BCUT2D eigenvalue weighted by Gasteiger charge is -2.05. The number of hydrazone groups is 1. The molecule has 1 aromatic heterocycles. The molecule has 0 radical (unpaired) electrons. The maximum Gasteiger partial charge on any atom is 0.203 e. The Morgan fingerprint density at radius 3 is 2.88 bits per heavy atom. The summed E-state index contributed by atoms with van der Waals surface area (Å²) in [5.41, 5.74) is 6.95. The Labute approximate surface area is 151 Å². The van der Waals surface area contributed by atoms with Crippen LogP contribution in [0.25, 0.3) is 11.3 Å². The van der Waals surface area contributed by atoms with Gasteiger partial charge in [0.15, 0.2) is 0 Å². The van der Waals surface area contributed by atoms with E-state index in [1.807, 2.05) is 66.9 Å². The van der Waals surface area contributed by atoms with E-state index >= 15 is 0 Å². The smallest absolute Gasteiger partial charge is 0.203 e. The van der Waals surface area contributed by atoms with E-state index in [2.05, 4.69) is 22.1 Å². The van der Waals surface area contributed by atoms with Gasteiger partial charge in [-0.2, -0.15) is 5.10 Å². The predicted molar refractivity (Wildman–Crippen MR) is 106 cm³/mol. The molecule has 0 spiro atoms. The third kappa shape index (κ3) is 5.02. The van der Waals surface area contributed by atoms with Crippen molar-refractivity contribution < 1.29 is 4.74 Å². The van der Waals surface area contributed by atoms with E-state index in [9.17, 15) is 0 Å². The summed E-state index contributed by atoms with van der Waals surface area (Å²) in [5.74, 6) is 0.799. The van der Waals surface area contributed by atoms with Crippen molar-refractivity contribution in [1.82, 2.24) is 4.98 Å². The van der Waals surface area contributed by atoms with Crippen molar-refractivity contribution in [3.63, 3.8) is 0 Å². The Kier molecular flexibility index (Phi) is 5.59. The zero-order valence-corrected chi connectivity index (χ0v) is 14.8. The highest BCUT2D eigenvalue weighted by molar-refractivity contribution is 7.14. The van der Waals surface area contributed by atoms with Crippen LogP contribution in [-0.4, -0.2) is 17.8 Å². The SMILES string of the molecule is C=C(C)COc1cccc(C=NNc2nc(-c3ccccc3)cs2)c1. The van der Waals surface area contributed by atoms with Gasteiger partial charge in [0.25, 0.3) is 0 Å². The van der Waals surface area contributed by atoms with Gasteiger partial charge in [0.05, 0.1) is 11.9 Å². The molecule has 25 heavy (non-hydrogen) atoms. The van der Waals surface area contributed by atoms with Crippen LogP contribution in [0.4, 0.5) is 5.13 Å². The van der Waals surface area contributed by atoms with E-state index in [-0.39, 0.29) is 0 Å². The van der Waals surface area contributed by atoms with Gasteiger partial charge in [0.2, 0.25) is 5.13 Å². The molecule has 0 saturated carbocycles. The van der Waals surface area contributed by atoms with Crippen LogP contribution in [-0.2, 0) is 0 Å². The third-order valence-corrected chi connectivity index (χ3v) is 4.04. The van der Waals surface area contributed by atoms with E-state index in [1.54, 1.807) is 6.21 Å². The first-order valence-corrected chi connectivity index (χ1v) is 8.76. The van der Waals surface area contributed by atoms with E-state index in [4.69, 9.17) is 4.74 Å². The number of nitrogens with one attached hydrogen (secondary N) is 1. The monoisotopic (exact) mass is 349 g/mol. The maximum absolute atomic E-state index is 5.63. The highest BCUT2D eigenvalue weighted by Gasteiger charge is 2.02. The molecule has 0 aliphatic carbocycles. The molecule has 1 heterocycles. The molecule has 0 atom stereocenters. The molecule has 0 bridgehead atoms. The van der Waals surface area contributed by atoms with Gasteiger partial charge in [-0.1, -0.05) is 49.0 Å². The van der Waals surface area contributed by atoms with E-state index < -0.39 is 0 Å². The predicted octanol–water partition coefficient (Wildman–Crippen LogP) is 5.21. The average Bonchev–Trinajstić information content (AvgIpc) is 3.10. The molecule has 0 unspecified atom stereocenters. The van der Waals surface area contributed by atoms with Crippen molar-refractivity contribution in [1.29, 1.82) is 0 Å². The summed E-state index contributed by atoms with van der Waals surface area (Å²) < 4.78 is 5.63. The highest BCUT2D eigenvalue weighted by Crippen LogP contribution is 2.24. The standard InChI is InChI=1S/C20H19N3OS/c1-15(2)13-24-18-10-6-7-16(11-18)12-21-23-20-22-19(14-25-20)17-8-4-3-5-9-17/h3-12,14H,1,13H2,2H3,(H,22,23). The van der Waals surface area contributed by atoms with E-state index in [0.29, 0.717) is 6.61 Å². The first kappa shape index (κ1) is 16.9. The maximum atomic E-state index is 5.63. The van der Waals surface area contributed by atoms with Crippen LogP contribution in [0, 0.1) is 0 Å². The van der Waals surface area contributed by atoms with E-state index in [0.717, 1.165) is 33.3 Å². The van der Waals surface area contributed by atoms with Gasteiger partial charge >= 0.3 is 0 Å². The molecule has 0 aliphatic heterocycles. The number of thiazole rings is 1. The molecule has 0 saturated heterocycles. The number of nitrogens with zero attached hydrogens (tertiary/aromatic N) is 2. The van der Waals surface area contributed by atoms with Crippen molar-refractivity contribution in [3.05, 3.63) is 77.7 Å². The molecule has 0 fully saturated rings. The molecule has 0 aliphatic rings. The molecule has 2 aromatic carbocycles. The fourth-order valence-electron chi connectivity index (χ4n) is 2.12. The molecule has 4 nitrogen and oxygen atoms in total. The van der Waals surface area contributed by atoms with Gasteiger partial charge in [-0.3, -0.25) is 5.43 Å². The van der Waals surface area contributed by atoms with Gasteiger partial charge < -0.3 is 4.74 Å². The molecule has 1 N–H and O–H groups in total. The Bertz CT molecular complexity index is 871. The molecular formula is C20H19N3OS. The van der Waals surface area contributed by atoms with Crippen LogP contribution in [0.2, 0.25) is 0 Å². The number of ether oxygens (including phenoxy) is 1. The van der Waals surface area contributed by atoms with Crippen molar-refractivity contribution >= 4 is 22.7 Å². The molecule has 5 heteroatoms. The first-order valence-electron chi connectivity index (χ1n) is 7.88. The molecule has 3 aromatic rings. The average molecular weight is 349 g/mol. The van der Waals surface area contributed by atoms with Crippen LogP contribution < -0.4 is 10.2 Å². The molecule has 3 rings (SSSR count). The number of rotatable bonds is 7. The fourth-order valence-corrected chi connectivity index (χ4v) is 2.79. The lowest BCUT2D eigenvalue weighted by Crippen LogP contribution is -1.98. The van der Waals surface area contributed by atoms with Crippen LogP contribution >= 0.6 is 11.3 Å². The molecular weight excluding hydrogens is 330 g/mol. The Hall–Kier alpha value is -2.92. The summed E-state index contributed by atoms with van der Waals surface area (Å²) in [6.45, 7) is 6.28. The number of aromatic nitrogens is 1. The minimum Gasteiger partial charge on any atom is -0.489 e. The zero-order valence-electron chi connectivity index (χ0n) is 14.0. The second kappa shape index (κ2) is 8.26. The summed E-state index contributed by atoms with van der Waals surface area (Å²) >= 11 is 1.52. The van der Waals surface area contributed by atoms with Crippen LogP contribution in [0.1, 0.15) is 12.5 Å². The number of benzene rings is 2. The summed E-state index contributed by atoms with van der Waals surface area (Å²) in [5, 5.41) is 7.02. The Morgan fingerprint density at radius 2 is 2.08 bits per heavy atom. The van der Waals surface area contributed by atoms with E-state index in [1.165, 1.54) is 11.3 Å². The third-order valence-electron chi connectivity index (χ3n) is 3.29. The highest BCUT2D eigenvalue weighted by atomic mass is 32.1. The minimum atomic E-state index is 0.514. The van der Waals surface area contributed by atoms with Crippen molar-refractivity contribution in [2.45, 2.75) is 6.92 Å². The lowest BCUT2D eigenvalue weighted by atomic mass is 10.2. The van der Waals surface area contributed by atoms with Crippen LogP contribution in [0.15, 0.2) is 77.2 Å². The minimum absolute atomic E-state index is 0.514. The van der Waals surface area contributed by atoms with Crippen molar-refractivity contribution in [2.75, 3.05) is 12.0 Å². The Morgan fingerprint density at radius 1 is 1.24 bits per heavy atom. The van der Waals surface area contributed by atoms with Gasteiger partial charge in [-0.25, -0.2) is 4.98 Å². The second-order valence-electron chi connectivity index (χ2n) is 5.59. The summed E-state index contributed by atoms with van der Waals surface area (Å²) in [6, 6.07) is 17.8. The van der Waals surface area contributed by atoms with Gasteiger partial charge in [0, 0.05) is 10.9 Å². The summed E-state index contributed by atoms with van der Waals surface area (Å²) in [4.78, 5) is 4.54. The van der Waals surface area contributed by atoms with Crippen molar-refractivity contribution in [2.24, 2.45) is 5.10 Å². The number of anilines is 1. The molecule has 0 amide bonds. The zero-order chi connectivity index (χ0) is 17.5. The summed E-state index contributed by atoms with van der Waals surface area (Å²) in [7, 11) is 0. The van der Waals surface area contributed by atoms with Gasteiger partial charge in [-0.05, 0) is 30.2 Å². The number of hydrogen-bond acceptors (Lipinski definition) is 5. The normalized spacial score (nSPS) is 10.8. The Balaban J connectivity index is 1.61. The van der Waals surface area contributed by atoms with Crippen LogP contribution in [0.3, 0.4) is 0 Å². The lowest BCUT2D eigenvalue weighted by molar-refractivity contribution is 0.352. The first-order chi connectivity index (χ1) is 12.2. The summed E-state index contributed by atoms with van der Waals surface area (Å²) in [6.07, 6.45) is 1.75. The quantitative estimate of drug-likeness (QED) is 0.362. The number of hydrogen-bond donors (Lipinski definition) is 1. The van der Waals surface area contributed by atoms with Crippen molar-refractivity contribution in [3.8, 4) is 17.0 Å². The molecule has 126 valence electrons. The van der Waals surface area contributed by atoms with Crippen LogP contribution in [0.5, 0.6) is 5.75 Å². The van der Waals surface area contributed by atoms with Gasteiger partial charge in [-0.15, -0.1) is 11.3 Å². The second-order valence-corrected chi connectivity index (χ2v) is 6.45.